The first kappa shape index (κ1) is 15.4. The molecule has 0 fully saturated rings. The molecular formula is C12H16N5O3S+. The Morgan fingerprint density at radius 1 is 1.38 bits per heavy atom. The van der Waals surface area contributed by atoms with Crippen molar-refractivity contribution in [2.24, 2.45) is 0 Å². The van der Waals surface area contributed by atoms with E-state index in [1.165, 1.54) is 0 Å². The van der Waals surface area contributed by atoms with Crippen LogP contribution in [0.5, 0.6) is 0 Å². The average Bonchev–Trinajstić information content (AvgIpc) is 2.48. The molecule has 8 nitrogen and oxygen atoms in total. The summed E-state index contributed by atoms with van der Waals surface area (Å²) in [5.41, 5.74) is 0.789. The maximum atomic E-state index is 11.3. The molecule has 112 valence electrons. The Balaban J connectivity index is 2.03. The van der Waals surface area contributed by atoms with Gasteiger partial charge in [-0.3, -0.25) is 4.18 Å². The summed E-state index contributed by atoms with van der Waals surface area (Å²) in [5, 5.41) is 4.21. The van der Waals surface area contributed by atoms with Gasteiger partial charge in [0.15, 0.2) is 18.6 Å². The second-order valence-electron chi connectivity index (χ2n) is 4.35. The monoisotopic (exact) mass is 310 g/mol. The molecule has 0 radical (unpaired) electrons. The number of hydrogen-bond donors (Lipinski definition) is 1. The summed E-state index contributed by atoms with van der Waals surface area (Å²) >= 11 is 0. The van der Waals surface area contributed by atoms with E-state index in [0.29, 0.717) is 12.4 Å². The summed E-state index contributed by atoms with van der Waals surface area (Å²) in [5.74, 6) is 0.588. The zero-order chi connectivity index (χ0) is 15.3. The minimum absolute atomic E-state index is 0.355. The molecule has 9 heteroatoms. The van der Waals surface area contributed by atoms with Gasteiger partial charge in [0.05, 0.1) is 13.2 Å². The van der Waals surface area contributed by atoms with Gasteiger partial charge in [-0.2, -0.15) is 13.1 Å². The van der Waals surface area contributed by atoms with Crippen LogP contribution in [0.4, 0.5) is 0 Å². The van der Waals surface area contributed by atoms with Crippen LogP contribution in [-0.2, 0) is 21.0 Å². The Bertz CT molecular complexity index is 676. The van der Waals surface area contributed by atoms with Gasteiger partial charge in [0, 0.05) is 24.0 Å². The van der Waals surface area contributed by atoms with Crippen LogP contribution in [-0.4, -0.2) is 36.6 Å². The maximum Gasteiger partial charge on any atom is 0.336 e. The zero-order valence-electron chi connectivity index (χ0n) is 11.7. The maximum absolute atomic E-state index is 11.3. The van der Waals surface area contributed by atoms with Crippen molar-refractivity contribution in [1.82, 2.24) is 19.8 Å². The van der Waals surface area contributed by atoms with Crippen molar-refractivity contribution in [3.63, 3.8) is 0 Å². The molecule has 0 saturated heterocycles. The largest absolute Gasteiger partial charge is 0.336 e. The SMILES string of the molecule is COS(=O)(=O)NC(C)C[n+]1ccc(-c2ncccn2)cn1. The van der Waals surface area contributed by atoms with Gasteiger partial charge in [-0.1, -0.05) is 4.68 Å². The van der Waals surface area contributed by atoms with E-state index in [0.717, 1.165) is 12.7 Å². The minimum Gasteiger partial charge on any atom is -0.261 e. The molecule has 2 rings (SSSR count). The molecular weight excluding hydrogens is 294 g/mol. The van der Waals surface area contributed by atoms with Gasteiger partial charge in [-0.25, -0.2) is 9.97 Å². The minimum atomic E-state index is -3.70. The van der Waals surface area contributed by atoms with E-state index >= 15 is 0 Å². The van der Waals surface area contributed by atoms with Crippen LogP contribution in [0.2, 0.25) is 0 Å². The average molecular weight is 310 g/mol. The second kappa shape index (κ2) is 6.66. The predicted molar refractivity (Wildman–Crippen MR) is 74.0 cm³/mol. The Hall–Kier alpha value is -1.97. The van der Waals surface area contributed by atoms with Crippen LogP contribution in [0.1, 0.15) is 6.92 Å². The molecule has 21 heavy (non-hydrogen) atoms. The van der Waals surface area contributed by atoms with E-state index < -0.39 is 10.3 Å². The fourth-order valence-corrected chi connectivity index (χ4v) is 2.35. The molecule has 0 saturated carbocycles. The summed E-state index contributed by atoms with van der Waals surface area (Å²) in [6, 6.07) is 3.20. The van der Waals surface area contributed by atoms with Crippen LogP contribution in [0.25, 0.3) is 11.4 Å². The Labute approximate surface area is 123 Å². The first-order chi connectivity index (χ1) is 10.00. The van der Waals surface area contributed by atoms with Crippen LogP contribution >= 0.6 is 0 Å². The van der Waals surface area contributed by atoms with Crippen molar-refractivity contribution in [2.75, 3.05) is 7.11 Å². The first-order valence-electron chi connectivity index (χ1n) is 6.21. The van der Waals surface area contributed by atoms with Gasteiger partial charge in [0.1, 0.15) is 6.20 Å². The normalized spacial score (nSPS) is 13.0. The van der Waals surface area contributed by atoms with E-state index in [-0.39, 0.29) is 6.04 Å². The zero-order valence-corrected chi connectivity index (χ0v) is 12.5. The molecule has 0 aliphatic heterocycles. The van der Waals surface area contributed by atoms with E-state index in [9.17, 15) is 8.42 Å². The molecule has 0 aliphatic rings. The highest BCUT2D eigenvalue weighted by Gasteiger charge is 2.17. The molecule has 0 aromatic carbocycles. The number of aromatic nitrogens is 4. The number of rotatable bonds is 6. The van der Waals surface area contributed by atoms with Gasteiger partial charge in [0.25, 0.3) is 0 Å². The van der Waals surface area contributed by atoms with E-state index in [1.807, 2.05) is 6.07 Å². The highest BCUT2D eigenvalue weighted by molar-refractivity contribution is 7.84. The van der Waals surface area contributed by atoms with Crippen molar-refractivity contribution in [1.29, 1.82) is 0 Å². The lowest BCUT2D eigenvalue weighted by atomic mass is 10.3. The fourth-order valence-electron chi connectivity index (χ4n) is 1.69. The molecule has 2 heterocycles. The Morgan fingerprint density at radius 3 is 2.67 bits per heavy atom. The van der Waals surface area contributed by atoms with Crippen LogP contribution in [0, 0.1) is 0 Å². The van der Waals surface area contributed by atoms with Crippen molar-refractivity contribution < 1.29 is 17.3 Å². The summed E-state index contributed by atoms with van der Waals surface area (Å²) in [6.07, 6.45) is 6.69. The smallest absolute Gasteiger partial charge is 0.261 e. The summed E-state index contributed by atoms with van der Waals surface area (Å²) < 4.78 is 30.8. The summed E-state index contributed by atoms with van der Waals surface area (Å²) in [6.45, 7) is 2.10. The van der Waals surface area contributed by atoms with Crippen molar-refractivity contribution in [3.8, 4) is 11.4 Å². The van der Waals surface area contributed by atoms with Crippen LogP contribution in [0.15, 0.2) is 36.9 Å². The van der Waals surface area contributed by atoms with E-state index in [4.69, 9.17) is 0 Å². The number of nitrogens with zero attached hydrogens (tertiary/aromatic N) is 4. The third-order valence-electron chi connectivity index (χ3n) is 2.62. The van der Waals surface area contributed by atoms with Crippen LogP contribution in [0.3, 0.4) is 0 Å². The molecule has 2 aromatic rings. The van der Waals surface area contributed by atoms with E-state index in [2.05, 4.69) is 24.0 Å². The number of hydrogen-bond acceptors (Lipinski definition) is 6. The highest BCUT2D eigenvalue weighted by Crippen LogP contribution is 2.09. The molecule has 0 spiro atoms. The Morgan fingerprint density at radius 2 is 2.10 bits per heavy atom. The van der Waals surface area contributed by atoms with Crippen molar-refractivity contribution in [2.45, 2.75) is 19.5 Å². The standard InChI is InChI=1S/C12H16N5O3S/c1-10(16-21(18,19)20-2)9-17-7-4-11(8-15-17)12-13-5-3-6-14-12/h3-8,10,16H,9H2,1-2H3/q+1. The van der Waals surface area contributed by atoms with Crippen molar-refractivity contribution >= 4 is 10.3 Å². The molecule has 1 unspecified atom stereocenters. The third kappa shape index (κ3) is 4.52. The molecule has 0 amide bonds. The molecule has 0 bridgehead atoms. The highest BCUT2D eigenvalue weighted by atomic mass is 32.2. The summed E-state index contributed by atoms with van der Waals surface area (Å²) in [7, 11) is -2.59. The van der Waals surface area contributed by atoms with Crippen LogP contribution < -0.4 is 9.40 Å². The summed E-state index contributed by atoms with van der Waals surface area (Å²) in [4.78, 5) is 8.26. The van der Waals surface area contributed by atoms with Gasteiger partial charge in [-0.05, 0) is 18.1 Å². The first-order valence-corrected chi connectivity index (χ1v) is 7.62. The van der Waals surface area contributed by atoms with E-state index in [1.54, 1.807) is 42.5 Å². The second-order valence-corrected chi connectivity index (χ2v) is 5.83. The van der Waals surface area contributed by atoms with Gasteiger partial charge >= 0.3 is 10.3 Å². The van der Waals surface area contributed by atoms with Gasteiger partial charge in [-0.15, -0.1) is 0 Å². The number of nitrogens with one attached hydrogen (secondary N) is 1. The molecule has 2 aromatic heterocycles. The Kier molecular flexibility index (Phi) is 4.89. The lowest BCUT2D eigenvalue weighted by Crippen LogP contribution is -2.48. The molecule has 1 N–H and O–H groups in total. The van der Waals surface area contributed by atoms with Crippen molar-refractivity contribution in [3.05, 3.63) is 36.9 Å². The lowest BCUT2D eigenvalue weighted by molar-refractivity contribution is -0.755. The van der Waals surface area contributed by atoms with Gasteiger partial charge < -0.3 is 0 Å². The third-order valence-corrected chi connectivity index (χ3v) is 3.75. The van der Waals surface area contributed by atoms with Gasteiger partial charge in [0.2, 0.25) is 0 Å². The fraction of sp³-hybridized carbons (Fsp3) is 0.333. The predicted octanol–water partition coefficient (Wildman–Crippen LogP) is -0.305. The lowest BCUT2D eigenvalue weighted by Gasteiger charge is -2.08. The quantitative estimate of drug-likeness (QED) is 0.735. The molecule has 1 atom stereocenters. The topological polar surface area (TPSA) is 98.0 Å². The molecule has 0 aliphatic carbocycles.